The topological polar surface area (TPSA) is 79.8 Å². The van der Waals surface area contributed by atoms with Crippen LogP contribution in [-0.2, 0) is 11.3 Å². The van der Waals surface area contributed by atoms with E-state index in [1.165, 1.54) is 12.1 Å². The molecule has 106 valence electrons. The number of aromatic amines is 1. The normalized spacial score (nSPS) is 12.2. The fourth-order valence-corrected chi connectivity index (χ4v) is 2.27. The highest BCUT2D eigenvalue weighted by molar-refractivity contribution is 5.76. The molecule has 0 saturated heterocycles. The van der Waals surface area contributed by atoms with Crippen LogP contribution in [0.5, 0.6) is 0 Å². The van der Waals surface area contributed by atoms with Crippen LogP contribution in [0.3, 0.4) is 0 Å². The lowest BCUT2D eigenvalue weighted by Gasteiger charge is -2.15. The van der Waals surface area contributed by atoms with Crippen molar-refractivity contribution in [2.24, 2.45) is 0 Å². The Kier molecular flexibility index (Phi) is 4.02. The first-order valence-corrected chi connectivity index (χ1v) is 6.44. The molecule has 0 aliphatic carbocycles. The van der Waals surface area contributed by atoms with Gasteiger partial charge in [0.2, 0.25) is 5.91 Å². The number of hydrogen-bond acceptors (Lipinski definition) is 3. The van der Waals surface area contributed by atoms with Gasteiger partial charge in [0.05, 0.1) is 11.7 Å². The summed E-state index contributed by atoms with van der Waals surface area (Å²) in [6.07, 6.45) is 3.20. The molecule has 0 fully saturated rings. The van der Waals surface area contributed by atoms with Crippen molar-refractivity contribution in [2.75, 3.05) is 0 Å². The zero-order valence-corrected chi connectivity index (χ0v) is 11.8. The van der Waals surface area contributed by atoms with Crippen molar-refractivity contribution in [3.8, 4) is 0 Å². The largest absolute Gasteiger partial charge is 0.348 e. The Hall–Kier alpha value is -2.37. The van der Waals surface area contributed by atoms with E-state index in [1.54, 1.807) is 17.0 Å². The molecule has 6 nitrogen and oxygen atoms in total. The third-order valence-corrected chi connectivity index (χ3v) is 3.18. The van der Waals surface area contributed by atoms with Crippen LogP contribution in [0.2, 0.25) is 0 Å². The predicted molar refractivity (Wildman–Crippen MR) is 75.3 cm³/mol. The molecule has 0 aromatic carbocycles. The van der Waals surface area contributed by atoms with E-state index >= 15 is 0 Å². The van der Waals surface area contributed by atoms with Gasteiger partial charge in [-0.2, -0.15) is 5.10 Å². The molecular formula is C14H18N4O2. The summed E-state index contributed by atoms with van der Waals surface area (Å²) in [5.74, 6) is -0.110. The van der Waals surface area contributed by atoms with Crippen molar-refractivity contribution < 1.29 is 4.79 Å². The molecule has 1 atom stereocenters. The maximum atomic E-state index is 12.0. The van der Waals surface area contributed by atoms with Gasteiger partial charge in [0.15, 0.2) is 5.43 Å². The molecule has 2 heterocycles. The first kappa shape index (κ1) is 14.0. The number of H-pyrrole nitrogens is 1. The smallest absolute Gasteiger partial charge is 0.240 e. The second-order valence-electron chi connectivity index (χ2n) is 4.84. The Morgan fingerprint density at radius 2 is 2.05 bits per heavy atom. The van der Waals surface area contributed by atoms with Gasteiger partial charge in [-0.3, -0.25) is 14.7 Å². The van der Waals surface area contributed by atoms with Gasteiger partial charge in [0, 0.05) is 35.8 Å². The molecule has 20 heavy (non-hydrogen) atoms. The molecule has 6 heteroatoms. The molecule has 0 radical (unpaired) electrons. The van der Waals surface area contributed by atoms with Crippen LogP contribution in [0.4, 0.5) is 0 Å². The van der Waals surface area contributed by atoms with E-state index in [-0.39, 0.29) is 23.9 Å². The average Bonchev–Trinajstić information content (AvgIpc) is 2.72. The third-order valence-electron chi connectivity index (χ3n) is 3.18. The molecule has 0 spiro atoms. The molecule has 0 aliphatic heterocycles. The first-order chi connectivity index (χ1) is 9.47. The van der Waals surface area contributed by atoms with Gasteiger partial charge in [-0.05, 0) is 20.8 Å². The molecule has 2 N–H and O–H groups in total. The van der Waals surface area contributed by atoms with Gasteiger partial charge < -0.3 is 9.88 Å². The Bertz CT molecular complexity index is 632. The van der Waals surface area contributed by atoms with E-state index < -0.39 is 0 Å². The molecule has 1 unspecified atom stereocenters. The second kappa shape index (κ2) is 5.73. The number of amides is 1. The molecular weight excluding hydrogens is 256 g/mol. The number of nitrogens with zero attached hydrogens (tertiary/aromatic N) is 2. The number of hydrogen-bond donors (Lipinski definition) is 2. The molecule has 2 aromatic heterocycles. The number of nitrogens with one attached hydrogen (secondary N) is 2. The van der Waals surface area contributed by atoms with Crippen LogP contribution in [-0.4, -0.2) is 20.7 Å². The fraction of sp³-hybridized carbons (Fsp3) is 0.357. The zero-order chi connectivity index (χ0) is 14.7. The molecule has 2 aromatic rings. The Morgan fingerprint density at radius 3 is 2.60 bits per heavy atom. The maximum Gasteiger partial charge on any atom is 0.240 e. The fourth-order valence-electron chi connectivity index (χ4n) is 2.27. The molecule has 2 rings (SSSR count). The van der Waals surface area contributed by atoms with Crippen molar-refractivity contribution in [1.29, 1.82) is 0 Å². The van der Waals surface area contributed by atoms with Gasteiger partial charge in [-0.1, -0.05) is 0 Å². The van der Waals surface area contributed by atoms with E-state index in [0.29, 0.717) is 0 Å². The summed E-state index contributed by atoms with van der Waals surface area (Å²) in [5, 5.41) is 9.96. The van der Waals surface area contributed by atoms with Crippen molar-refractivity contribution >= 4 is 5.91 Å². The highest BCUT2D eigenvalue weighted by atomic mass is 16.2. The molecule has 0 bridgehead atoms. The Morgan fingerprint density at radius 1 is 1.40 bits per heavy atom. The van der Waals surface area contributed by atoms with Crippen LogP contribution in [0.25, 0.3) is 0 Å². The highest BCUT2D eigenvalue weighted by Crippen LogP contribution is 2.18. The lowest BCUT2D eigenvalue weighted by atomic mass is 10.1. The second-order valence-corrected chi connectivity index (χ2v) is 4.84. The van der Waals surface area contributed by atoms with E-state index in [0.717, 1.165) is 17.0 Å². The van der Waals surface area contributed by atoms with Gasteiger partial charge >= 0.3 is 0 Å². The molecule has 1 amide bonds. The third kappa shape index (κ3) is 3.14. The Labute approximate surface area is 116 Å². The number of rotatable bonds is 4. The van der Waals surface area contributed by atoms with Gasteiger partial charge in [0.1, 0.15) is 6.54 Å². The van der Waals surface area contributed by atoms with Crippen LogP contribution >= 0.6 is 0 Å². The van der Waals surface area contributed by atoms with Gasteiger partial charge in [0.25, 0.3) is 0 Å². The summed E-state index contributed by atoms with van der Waals surface area (Å²) >= 11 is 0. The van der Waals surface area contributed by atoms with Crippen LogP contribution in [0.1, 0.15) is 29.9 Å². The number of aromatic nitrogens is 3. The van der Waals surface area contributed by atoms with Crippen LogP contribution < -0.4 is 10.7 Å². The van der Waals surface area contributed by atoms with Crippen LogP contribution in [0.15, 0.2) is 29.3 Å². The zero-order valence-electron chi connectivity index (χ0n) is 11.8. The first-order valence-electron chi connectivity index (χ1n) is 6.44. The van der Waals surface area contributed by atoms with Crippen molar-refractivity contribution in [2.45, 2.75) is 33.4 Å². The quantitative estimate of drug-likeness (QED) is 0.875. The molecule has 0 aliphatic rings. The van der Waals surface area contributed by atoms with Gasteiger partial charge in [-0.15, -0.1) is 0 Å². The maximum absolute atomic E-state index is 12.0. The summed E-state index contributed by atoms with van der Waals surface area (Å²) in [4.78, 5) is 23.0. The summed E-state index contributed by atoms with van der Waals surface area (Å²) in [6.45, 7) is 5.94. The summed E-state index contributed by atoms with van der Waals surface area (Å²) in [6, 6.07) is 2.75. The van der Waals surface area contributed by atoms with Crippen molar-refractivity contribution in [3.63, 3.8) is 0 Å². The van der Waals surface area contributed by atoms with Gasteiger partial charge in [-0.25, -0.2) is 0 Å². The number of aryl methyl sites for hydroxylation is 2. The summed E-state index contributed by atoms with van der Waals surface area (Å²) < 4.78 is 1.67. The standard InChI is InChI=1S/C14H18N4O2/c1-9(14-10(2)16-17-11(14)3)15-13(20)8-18-6-4-12(19)5-7-18/h4-7,9H,8H2,1-3H3,(H,15,20)(H,16,17). The lowest BCUT2D eigenvalue weighted by Crippen LogP contribution is -2.30. The van der Waals surface area contributed by atoms with Crippen LogP contribution in [0, 0.1) is 13.8 Å². The minimum absolute atomic E-state index is 0.0697. The van der Waals surface area contributed by atoms with E-state index in [4.69, 9.17) is 0 Å². The van der Waals surface area contributed by atoms with E-state index in [9.17, 15) is 9.59 Å². The molecule has 0 saturated carbocycles. The van der Waals surface area contributed by atoms with Crippen molar-refractivity contribution in [3.05, 3.63) is 51.7 Å². The SMILES string of the molecule is Cc1n[nH]c(C)c1C(C)NC(=O)Cn1ccc(=O)cc1. The monoisotopic (exact) mass is 274 g/mol. The van der Waals surface area contributed by atoms with E-state index in [1.807, 2.05) is 20.8 Å². The summed E-state index contributed by atoms with van der Waals surface area (Å²) in [5.41, 5.74) is 2.79. The highest BCUT2D eigenvalue weighted by Gasteiger charge is 2.16. The number of carbonyl (C=O) groups is 1. The summed E-state index contributed by atoms with van der Waals surface area (Å²) in [7, 11) is 0. The minimum atomic E-state index is -0.111. The van der Waals surface area contributed by atoms with E-state index in [2.05, 4.69) is 15.5 Å². The average molecular weight is 274 g/mol. The Balaban J connectivity index is 2.01. The number of carbonyl (C=O) groups excluding carboxylic acids is 1. The minimum Gasteiger partial charge on any atom is -0.348 e. The number of pyridine rings is 1. The lowest BCUT2D eigenvalue weighted by molar-refractivity contribution is -0.122. The van der Waals surface area contributed by atoms with Crippen molar-refractivity contribution in [1.82, 2.24) is 20.1 Å². The predicted octanol–water partition coefficient (Wildman–Crippen LogP) is 1.07.